The number of imide groups is 1. The van der Waals surface area contributed by atoms with E-state index in [0.717, 1.165) is 0 Å². The molecule has 0 radical (unpaired) electrons. The maximum atomic E-state index is 11.7. The summed E-state index contributed by atoms with van der Waals surface area (Å²) < 4.78 is 4.93. The van der Waals surface area contributed by atoms with Gasteiger partial charge in [0.05, 0.1) is 6.42 Å². The summed E-state index contributed by atoms with van der Waals surface area (Å²) >= 11 is 0. The van der Waals surface area contributed by atoms with Crippen LogP contribution in [0.5, 0.6) is 0 Å². The number of esters is 1. The molecule has 7 nitrogen and oxygen atoms in total. The number of amides is 3. The maximum absolute atomic E-state index is 11.7. The summed E-state index contributed by atoms with van der Waals surface area (Å²) in [7, 11) is 1.37. The van der Waals surface area contributed by atoms with E-state index in [1.54, 1.807) is 24.3 Å². The largest absolute Gasteiger partial charge is 0.452 e. The number of hydrogen-bond acceptors (Lipinski definition) is 5. The van der Waals surface area contributed by atoms with Crippen LogP contribution >= 0.6 is 0 Å². The number of ether oxygens (including phenoxy) is 1. The average molecular weight is 279 g/mol. The van der Waals surface area contributed by atoms with E-state index in [1.807, 2.05) is 5.32 Å². The first-order valence-corrected chi connectivity index (χ1v) is 5.99. The van der Waals surface area contributed by atoms with E-state index < -0.39 is 24.0 Å². The molecule has 1 aromatic carbocycles. The highest BCUT2D eigenvalue weighted by atomic mass is 16.5. The van der Waals surface area contributed by atoms with Crippen LogP contribution in [0.2, 0.25) is 0 Å². The van der Waals surface area contributed by atoms with Gasteiger partial charge in [0.25, 0.3) is 5.91 Å². The number of carbonyl (C=O) groups is 3. The SMILES string of the molecule is CNC(=O)NC(=O)C(C)OC(=O)Cc1ccccc1N. The molecule has 0 aliphatic rings. The van der Waals surface area contributed by atoms with Crippen LogP contribution in [0.15, 0.2) is 24.3 Å². The highest BCUT2D eigenvalue weighted by molar-refractivity contribution is 5.97. The Hall–Kier alpha value is -2.57. The van der Waals surface area contributed by atoms with E-state index in [-0.39, 0.29) is 6.42 Å². The average Bonchev–Trinajstić information content (AvgIpc) is 2.41. The molecule has 1 rings (SSSR count). The Morgan fingerprint density at radius 3 is 2.55 bits per heavy atom. The molecule has 0 fully saturated rings. The summed E-state index contributed by atoms with van der Waals surface area (Å²) in [4.78, 5) is 34.1. The first-order chi connectivity index (χ1) is 9.43. The first-order valence-electron chi connectivity index (χ1n) is 5.99. The molecule has 0 spiro atoms. The van der Waals surface area contributed by atoms with E-state index in [0.29, 0.717) is 11.3 Å². The van der Waals surface area contributed by atoms with Gasteiger partial charge in [-0.15, -0.1) is 0 Å². The van der Waals surface area contributed by atoms with Gasteiger partial charge in [-0.3, -0.25) is 14.9 Å². The minimum absolute atomic E-state index is 0.0374. The van der Waals surface area contributed by atoms with Crippen molar-refractivity contribution < 1.29 is 19.1 Å². The van der Waals surface area contributed by atoms with Gasteiger partial charge in [0, 0.05) is 12.7 Å². The smallest absolute Gasteiger partial charge is 0.321 e. The molecule has 0 bridgehead atoms. The molecule has 0 aliphatic heterocycles. The Bertz CT molecular complexity index is 516. The summed E-state index contributed by atoms with van der Waals surface area (Å²) in [6.45, 7) is 1.38. The number of benzene rings is 1. The quantitative estimate of drug-likeness (QED) is 0.538. The van der Waals surface area contributed by atoms with E-state index >= 15 is 0 Å². The topological polar surface area (TPSA) is 111 Å². The lowest BCUT2D eigenvalue weighted by molar-refractivity contribution is -0.153. The molecular weight excluding hydrogens is 262 g/mol. The molecule has 0 aliphatic carbocycles. The molecule has 20 heavy (non-hydrogen) atoms. The number of rotatable bonds is 4. The molecule has 4 N–H and O–H groups in total. The van der Waals surface area contributed by atoms with Crippen LogP contribution in [0, 0.1) is 0 Å². The van der Waals surface area contributed by atoms with Gasteiger partial charge < -0.3 is 15.8 Å². The number of urea groups is 1. The van der Waals surface area contributed by atoms with Crippen LogP contribution in [0.25, 0.3) is 0 Å². The number of para-hydroxylation sites is 1. The second-order valence-electron chi connectivity index (χ2n) is 4.08. The van der Waals surface area contributed by atoms with Crippen LogP contribution in [0.3, 0.4) is 0 Å². The second-order valence-corrected chi connectivity index (χ2v) is 4.08. The van der Waals surface area contributed by atoms with E-state index in [2.05, 4.69) is 5.32 Å². The van der Waals surface area contributed by atoms with Gasteiger partial charge in [0.1, 0.15) is 0 Å². The van der Waals surface area contributed by atoms with Crippen molar-refractivity contribution in [2.24, 2.45) is 0 Å². The predicted octanol–water partition coefficient (Wildman–Crippen LogP) is 0.199. The summed E-state index contributed by atoms with van der Waals surface area (Å²) in [5.74, 6) is -1.29. The normalized spacial score (nSPS) is 11.3. The zero-order valence-electron chi connectivity index (χ0n) is 11.3. The standard InChI is InChI=1S/C13H17N3O4/c1-8(12(18)16-13(19)15-2)20-11(17)7-9-5-3-4-6-10(9)14/h3-6,8H,7,14H2,1-2H3,(H2,15,16,18,19). The van der Waals surface area contributed by atoms with Crippen molar-refractivity contribution in [2.45, 2.75) is 19.4 Å². The Labute approximate surface area is 116 Å². The summed E-state index contributed by atoms with van der Waals surface area (Å²) in [6.07, 6.45) is -1.10. The number of anilines is 1. The van der Waals surface area contributed by atoms with Crippen molar-refractivity contribution in [3.05, 3.63) is 29.8 Å². The van der Waals surface area contributed by atoms with E-state index in [1.165, 1.54) is 14.0 Å². The van der Waals surface area contributed by atoms with Gasteiger partial charge in [-0.2, -0.15) is 0 Å². The minimum Gasteiger partial charge on any atom is -0.452 e. The predicted molar refractivity (Wildman–Crippen MR) is 72.7 cm³/mol. The molecule has 0 saturated carbocycles. The van der Waals surface area contributed by atoms with Gasteiger partial charge in [-0.25, -0.2) is 4.79 Å². The van der Waals surface area contributed by atoms with Gasteiger partial charge in [0.2, 0.25) is 0 Å². The summed E-state index contributed by atoms with van der Waals surface area (Å²) in [5, 5.41) is 4.24. The van der Waals surface area contributed by atoms with Gasteiger partial charge in [-0.05, 0) is 18.6 Å². The zero-order valence-corrected chi connectivity index (χ0v) is 11.3. The molecule has 1 aromatic rings. The molecule has 7 heteroatoms. The Kier molecular flexibility index (Phi) is 5.52. The number of nitrogens with two attached hydrogens (primary N) is 1. The number of carbonyl (C=O) groups excluding carboxylic acids is 3. The van der Waals surface area contributed by atoms with Gasteiger partial charge in [-0.1, -0.05) is 18.2 Å². The van der Waals surface area contributed by atoms with Crippen molar-refractivity contribution in [1.29, 1.82) is 0 Å². The Morgan fingerprint density at radius 2 is 1.95 bits per heavy atom. The fourth-order valence-corrected chi connectivity index (χ4v) is 1.42. The molecule has 0 aromatic heterocycles. The van der Waals surface area contributed by atoms with Crippen molar-refractivity contribution in [2.75, 3.05) is 12.8 Å². The van der Waals surface area contributed by atoms with Crippen LogP contribution < -0.4 is 16.4 Å². The highest BCUT2D eigenvalue weighted by Gasteiger charge is 2.19. The molecule has 1 unspecified atom stereocenters. The fourth-order valence-electron chi connectivity index (χ4n) is 1.42. The first kappa shape index (κ1) is 15.5. The zero-order chi connectivity index (χ0) is 15.1. The molecule has 0 heterocycles. The monoisotopic (exact) mass is 279 g/mol. The lowest BCUT2D eigenvalue weighted by Gasteiger charge is -2.13. The fraction of sp³-hybridized carbons (Fsp3) is 0.308. The molecule has 108 valence electrons. The Balaban J connectivity index is 2.52. The molecule has 3 amide bonds. The van der Waals surface area contributed by atoms with Crippen LogP contribution in [0.1, 0.15) is 12.5 Å². The summed E-state index contributed by atoms with van der Waals surface area (Å²) in [6, 6.07) is 6.21. The number of hydrogen-bond donors (Lipinski definition) is 3. The van der Waals surface area contributed by atoms with Crippen molar-refractivity contribution in [3.63, 3.8) is 0 Å². The molecule has 1 atom stereocenters. The number of nitrogen functional groups attached to an aromatic ring is 1. The lowest BCUT2D eigenvalue weighted by Crippen LogP contribution is -2.43. The van der Waals surface area contributed by atoms with Crippen molar-refractivity contribution in [3.8, 4) is 0 Å². The van der Waals surface area contributed by atoms with Gasteiger partial charge >= 0.3 is 12.0 Å². The molecule has 0 saturated heterocycles. The third-order valence-corrected chi connectivity index (χ3v) is 2.53. The lowest BCUT2D eigenvalue weighted by atomic mass is 10.1. The van der Waals surface area contributed by atoms with Crippen LogP contribution in [-0.4, -0.2) is 31.1 Å². The number of nitrogens with one attached hydrogen (secondary N) is 2. The highest BCUT2D eigenvalue weighted by Crippen LogP contribution is 2.12. The van der Waals surface area contributed by atoms with E-state index in [9.17, 15) is 14.4 Å². The summed E-state index contributed by atoms with van der Waals surface area (Å²) in [5.41, 5.74) is 6.80. The van der Waals surface area contributed by atoms with E-state index in [4.69, 9.17) is 10.5 Å². The third-order valence-electron chi connectivity index (χ3n) is 2.53. The minimum atomic E-state index is -1.07. The van der Waals surface area contributed by atoms with Crippen LogP contribution in [-0.2, 0) is 20.7 Å². The Morgan fingerprint density at radius 1 is 1.30 bits per heavy atom. The van der Waals surface area contributed by atoms with Crippen LogP contribution in [0.4, 0.5) is 10.5 Å². The van der Waals surface area contributed by atoms with Crippen molar-refractivity contribution in [1.82, 2.24) is 10.6 Å². The maximum Gasteiger partial charge on any atom is 0.321 e. The van der Waals surface area contributed by atoms with Crippen molar-refractivity contribution >= 4 is 23.6 Å². The third kappa shape index (κ3) is 4.60. The second kappa shape index (κ2) is 7.13. The van der Waals surface area contributed by atoms with Gasteiger partial charge in [0.15, 0.2) is 6.10 Å². The molecular formula is C13H17N3O4.